The lowest BCUT2D eigenvalue weighted by molar-refractivity contribution is -0.120. The average Bonchev–Trinajstić information content (AvgIpc) is 2.28. The molecule has 4 N–H and O–H groups in total. The third-order valence-corrected chi connectivity index (χ3v) is 2.65. The molecule has 6 heteroatoms. The third-order valence-electron chi connectivity index (χ3n) is 2.65. The summed E-state index contributed by atoms with van der Waals surface area (Å²) in [6.45, 7) is 1.18. The molecule has 1 amide bonds. The molecule has 1 fully saturated rings. The van der Waals surface area contributed by atoms with Crippen LogP contribution in [0.2, 0.25) is 0 Å². The van der Waals surface area contributed by atoms with Gasteiger partial charge in [-0.25, -0.2) is 4.79 Å². The quantitative estimate of drug-likeness (QED) is 0.622. The summed E-state index contributed by atoms with van der Waals surface area (Å²) in [6.07, 6.45) is 0. The first-order valence-electron chi connectivity index (χ1n) is 5.23. The second kappa shape index (κ2) is 4.32. The summed E-state index contributed by atoms with van der Waals surface area (Å²) >= 11 is 0. The van der Waals surface area contributed by atoms with Crippen LogP contribution in [-0.4, -0.2) is 36.6 Å². The highest BCUT2D eigenvalue weighted by Crippen LogP contribution is 2.28. The Labute approximate surface area is 98.0 Å². The van der Waals surface area contributed by atoms with Crippen molar-refractivity contribution >= 4 is 23.3 Å². The van der Waals surface area contributed by atoms with Crippen LogP contribution in [-0.2, 0) is 4.79 Å². The number of rotatable bonds is 2. The number of carboxylic acids is 1. The number of para-hydroxylation sites is 1. The van der Waals surface area contributed by atoms with E-state index in [4.69, 9.17) is 10.8 Å². The van der Waals surface area contributed by atoms with E-state index in [0.29, 0.717) is 24.5 Å². The van der Waals surface area contributed by atoms with Crippen molar-refractivity contribution in [2.45, 2.75) is 0 Å². The summed E-state index contributed by atoms with van der Waals surface area (Å²) in [5.41, 5.74) is 6.72. The third kappa shape index (κ3) is 2.15. The molecule has 0 saturated carbocycles. The maximum atomic E-state index is 11.3. The molecule has 0 aliphatic carbocycles. The summed E-state index contributed by atoms with van der Waals surface area (Å²) < 4.78 is 0. The van der Waals surface area contributed by atoms with Gasteiger partial charge in [-0.15, -0.1) is 0 Å². The van der Waals surface area contributed by atoms with Gasteiger partial charge in [0.05, 0.1) is 23.5 Å². The minimum Gasteiger partial charge on any atom is -0.478 e. The van der Waals surface area contributed by atoms with E-state index in [1.54, 1.807) is 17.0 Å². The van der Waals surface area contributed by atoms with Gasteiger partial charge in [0.2, 0.25) is 5.91 Å². The largest absolute Gasteiger partial charge is 0.478 e. The fraction of sp³-hybridized carbons (Fsp3) is 0.273. The molecule has 1 saturated heterocycles. The van der Waals surface area contributed by atoms with Gasteiger partial charge in [-0.2, -0.15) is 0 Å². The number of carboxylic acid groups (broad SMARTS) is 1. The lowest BCUT2D eigenvalue weighted by Gasteiger charge is -2.30. The van der Waals surface area contributed by atoms with Crippen LogP contribution in [0.4, 0.5) is 11.4 Å². The normalized spacial score (nSPS) is 15.5. The van der Waals surface area contributed by atoms with Gasteiger partial charge in [-0.3, -0.25) is 4.79 Å². The first kappa shape index (κ1) is 11.3. The maximum Gasteiger partial charge on any atom is 0.337 e. The van der Waals surface area contributed by atoms with Gasteiger partial charge in [-0.05, 0) is 12.1 Å². The van der Waals surface area contributed by atoms with Crippen molar-refractivity contribution < 1.29 is 14.7 Å². The molecule has 0 radical (unpaired) electrons. The molecule has 0 unspecified atom stereocenters. The molecular weight excluding hydrogens is 222 g/mol. The van der Waals surface area contributed by atoms with E-state index in [2.05, 4.69) is 5.32 Å². The van der Waals surface area contributed by atoms with Gasteiger partial charge in [0, 0.05) is 13.1 Å². The van der Waals surface area contributed by atoms with E-state index in [1.165, 1.54) is 6.07 Å². The lowest BCUT2D eigenvalue weighted by atomic mass is 10.1. The highest BCUT2D eigenvalue weighted by atomic mass is 16.4. The Balaban J connectivity index is 2.42. The second-order valence-electron chi connectivity index (χ2n) is 3.82. The number of nitrogens with zero attached hydrogens (tertiary/aromatic N) is 1. The zero-order chi connectivity index (χ0) is 12.4. The van der Waals surface area contributed by atoms with Gasteiger partial charge >= 0.3 is 5.97 Å². The fourth-order valence-corrected chi connectivity index (χ4v) is 1.92. The van der Waals surface area contributed by atoms with E-state index < -0.39 is 5.97 Å². The number of nitrogens with one attached hydrogen (secondary N) is 1. The van der Waals surface area contributed by atoms with E-state index >= 15 is 0 Å². The van der Waals surface area contributed by atoms with Gasteiger partial charge < -0.3 is 21.1 Å². The number of carbonyl (C=O) groups excluding carboxylic acids is 1. The SMILES string of the molecule is Nc1cccc(C(=O)O)c1N1CCNC(=O)C1. The van der Waals surface area contributed by atoms with Gasteiger partial charge in [-0.1, -0.05) is 6.07 Å². The minimum atomic E-state index is -1.04. The van der Waals surface area contributed by atoms with E-state index in [0.717, 1.165) is 0 Å². The Hall–Kier alpha value is -2.24. The van der Waals surface area contributed by atoms with Crippen molar-refractivity contribution in [3.63, 3.8) is 0 Å². The van der Waals surface area contributed by atoms with Crippen molar-refractivity contribution in [3.8, 4) is 0 Å². The van der Waals surface area contributed by atoms with E-state index in [9.17, 15) is 9.59 Å². The van der Waals surface area contributed by atoms with Crippen LogP contribution in [0.5, 0.6) is 0 Å². The highest BCUT2D eigenvalue weighted by Gasteiger charge is 2.23. The number of hydrogen-bond acceptors (Lipinski definition) is 4. The summed E-state index contributed by atoms with van der Waals surface area (Å²) in [4.78, 5) is 24.1. The number of amides is 1. The van der Waals surface area contributed by atoms with Crippen LogP contribution in [0.15, 0.2) is 18.2 Å². The molecule has 1 aromatic carbocycles. The molecule has 0 aromatic heterocycles. The molecule has 0 bridgehead atoms. The number of piperazine rings is 1. The molecule has 0 atom stereocenters. The summed E-state index contributed by atoms with van der Waals surface area (Å²) in [5.74, 6) is -1.17. The molecule has 1 aliphatic heterocycles. The van der Waals surface area contributed by atoms with Crippen molar-refractivity contribution in [2.75, 3.05) is 30.3 Å². The molecule has 1 heterocycles. The number of benzene rings is 1. The van der Waals surface area contributed by atoms with Crippen molar-refractivity contribution in [1.82, 2.24) is 5.32 Å². The number of hydrogen-bond donors (Lipinski definition) is 3. The predicted octanol–water partition coefficient (Wildman–Crippen LogP) is -0.0968. The summed E-state index contributed by atoms with van der Waals surface area (Å²) in [6, 6.07) is 4.71. The van der Waals surface area contributed by atoms with Crippen LogP contribution >= 0.6 is 0 Å². The zero-order valence-electron chi connectivity index (χ0n) is 9.14. The number of carbonyl (C=O) groups is 2. The lowest BCUT2D eigenvalue weighted by Crippen LogP contribution is -2.48. The molecule has 6 nitrogen and oxygen atoms in total. The minimum absolute atomic E-state index is 0.125. The molecule has 1 aromatic rings. The van der Waals surface area contributed by atoms with E-state index in [-0.39, 0.29) is 18.0 Å². The second-order valence-corrected chi connectivity index (χ2v) is 3.82. The van der Waals surface area contributed by atoms with Crippen LogP contribution in [0.25, 0.3) is 0 Å². The standard InChI is InChI=1S/C11H13N3O3/c12-8-3-1-2-7(11(16)17)10(8)14-5-4-13-9(15)6-14/h1-3H,4-6,12H2,(H,13,15)(H,16,17). The summed E-state index contributed by atoms with van der Waals surface area (Å²) in [5, 5.41) is 11.8. The Kier molecular flexibility index (Phi) is 2.86. The number of nitrogen functional groups attached to an aromatic ring is 1. The Morgan fingerprint density at radius 2 is 2.24 bits per heavy atom. The van der Waals surface area contributed by atoms with Crippen LogP contribution < -0.4 is 16.0 Å². The molecule has 0 spiro atoms. The Morgan fingerprint density at radius 3 is 2.88 bits per heavy atom. The molecule has 90 valence electrons. The van der Waals surface area contributed by atoms with Gasteiger partial charge in [0.15, 0.2) is 0 Å². The first-order chi connectivity index (χ1) is 8.09. The van der Waals surface area contributed by atoms with Crippen LogP contribution in [0.1, 0.15) is 10.4 Å². The first-order valence-corrected chi connectivity index (χ1v) is 5.23. The van der Waals surface area contributed by atoms with Crippen LogP contribution in [0.3, 0.4) is 0 Å². The Bertz CT molecular complexity index is 473. The highest BCUT2D eigenvalue weighted by molar-refractivity contribution is 5.99. The molecule has 2 rings (SSSR count). The maximum absolute atomic E-state index is 11.3. The van der Waals surface area contributed by atoms with E-state index in [1.807, 2.05) is 0 Å². The Morgan fingerprint density at radius 1 is 1.47 bits per heavy atom. The van der Waals surface area contributed by atoms with Crippen molar-refractivity contribution in [3.05, 3.63) is 23.8 Å². The van der Waals surface area contributed by atoms with Gasteiger partial charge in [0.1, 0.15) is 0 Å². The average molecular weight is 235 g/mol. The monoisotopic (exact) mass is 235 g/mol. The zero-order valence-corrected chi connectivity index (χ0v) is 9.14. The smallest absolute Gasteiger partial charge is 0.337 e. The summed E-state index contributed by atoms with van der Waals surface area (Å²) in [7, 11) is 0. The number of anilines is 2. The number of aromatic carboxylic acids is 1. The van der Waals surface area contributed by atoms with Crippen molar-refractivity contribution in [1.29, 1.82) is 0 Å². The predicted molar refractivity (Wildman–Crippen MR) is 63.0 cm³/mol. The fourth-order valence-electron chi connectivity index (χ4n) is 1.92. The molecular formula is C11H13N3O3. The topological polar surface area (TPSA) is 95.7 Å². The van der Waals surface area contributed by atoms with Crippen molar-refractivity contribution in [2.24, 2.45) is 0 Å². The number of nitrogens with two attached hydrogens (primary N) is 1. The van der Waals surface area contributed by atoms with Crippen LogP contribution in [0, 0.1) is 0 Å². The molecule has 1 aliphatic rings. The molecule has 17 heavy (non-hydrogen) atoms. The van der Waals surface area contributed by atoms with Gasteiger partial charge in [0.25, 0.3) is 0 Å².